The third-order valence-electron chi connectivity index (χ3n) is 10.6. The monoisotopic (exact) mass is 648 g/mol. The van der Waals surface area contributed by atoms with E-state index >= 15 is 0 Å². The van der Waals surface area contributed by atoms with Crippen LogP contribution in [0.25, 0.3) is 0 Å². The minimum absolute atomic E-state index is 0.134. The average Bonchev–Trinajstić information content (AvgIpc) is 3.13. The summed E-state index contributed by atoms with van der Waals surface area (Å²) in [5.74, 6) is 2.68. The number of aryl methyl sites for hydroxylation is 4. The van der Waals surface area contributed by atoms with E-state index in [-0.39, 0.29) is 24.4 Å². The summed E-state index contributed by atoms with van der Waals surface area (Å²) in [7, 11) is 4.94. The van der Waals surface area contributed by atoms with Gasteiger partial charge >= 0.3 is 5.97 Å². The van der Waals surface area contributed by atoms with Crippen LogP contribution in [0.15, 0.2) is 84.9 Å². The predicted molar refractivity (Wildman–Crippen MR) is 193 cm³/mol. The second-order valence-electron chi connectivity index (χ2n) is 13.4. The van der Waals surface area contributed by atoms with Gasteiger partial charge in [0.25, 0.3) is 0 Å². The number of hydrogen-bond acceptors (Lipinski definition) is 5. The molecule has 0 bridgehead atoms. The van der Waals surface area contributed by atoms with Crippen LogP contribution in [-0.4, -0.2) is 39.0 Å². The molecule has 0 aromatic heterocycles. The fraction of sp³-hybridized carbons (Fsp3) is 0.419. The van der Waals surface area contributed by atoms with E-state index in [1.54, 1.807) is 14.2 Å². The van der Waals surface area contributed by atoms with Crippen LogP contribution in [0.5, 0.6) is 11.5 Å². The van der Waals surface area contributed by atoms with Crippen molar-refractivity contribution in [2.24, 2.45) is 11.8 Å². The van der Waals surface area contributed by atoms with Gasteiger partial charge in [0, 0.05) is 5.92 Å². The highest BCUT2D eigenvalue weighted by molar-refractivity contribution is 5.80. The second-order valence-corrected chi connectivity index (χ2v) is 13.4. The average molecular weight is 649 g/mol. The van der Waals surface area contributed by atoms with Gasteiger partial charge in [-0.1, -0.05) is 84.9 Å². The Morgan fingerprint density at radius 1 is 0.667 bits per heavy atom. The Kier molecular flexibility index (Phi) is 12.4. The number of ether oxygens (including phenoxy) is 3. The van der Waals surface area contributed by atoms with Gasteiger partial charge in [0.05, 0.1) is 33.9 Å². The van der Waals surface area contributed by atoms with E-state index in [0.717, 1.165) is 74.0 Å². The largest absolute Gasteiger partial charge is 0.496 e. The van der Waals surface area contributed by atoms with Crippen molar-refractivity contribution in [3.8, 4) is 11.5 Å². The first kappa shape index (κ1) is 35.2. The maximum absolute atomic E-state index is 12.6. The lowest BCUT2D eigenvalue weighted by Crippen LogP contribution is -2.29. The van der Waals surface area contributed by atoms with Crippen molar-refractivity contribution >= 4 is 5.97 Å². The topological polar surface area (TPSA) is 65.0 Å². The molecule has 5 nitrogen and oxygen atoms in total. The molecular weight excluding hydrogens is 596 g/mol. The number of fused-ring (bicyclic) bond motifs is 2. The molecule has 0 fully saturated rings. The van der Waals surface area contributed by atoms with Crippen LogP contribution in [0.4, 0.5) is 0 Å². The van der Waals surface area contributed by atoms with E-state index in [9.17, 15) is 9.90 Å². The SMILES string of the molecule is COC(=O)[C@H]1c2ccc(C)c(OC)c2CC[C@@H]1CCc1ccccc1.COc1c(C)ccc2c1CC[C@H](CCc1ccccc1)[C@H]2CO. The van der Waals surface area contributed by atoms with Crippen molar-refractivity contribution in [1.29, 1.82) is 0 Å². The Labute approximate surface area is 287 Å². The molecule has 0 saturated carbocycles. The normalized spacial score (nSPS) is 19.6. The summed E-state index contributed by atoms with van der Waals surface area (Å²) in [5.41, 5.74) is 9.86. The van der Waals surface area contributed by atoms with Gasteiger partial charge in [-0.3, -0.25) is 4.79 Å². The molecule has 48 heavy (non-hydrogen) atoms. The molecule has 0 amide bonds. The van der Waals surface area contributed by atoms with E-state index in [1.807, 2.05) is 19.1 Å². The van der Waals surface area contributed by atoms with Crippen LogP contribution in [-0.2, 0) is 35.2 Å². The van der Waals surface area contributed by atoms with Gasteiger partial charge in [-0.05, 0) is 122 Å². The van der Waals surface area contributed by atoms with Gasteiger partial charge in [-0.15, -0.1) is 0 Å². The van der Waals surface area contributed by atoms with Gasteiger partial charge in [0.2, 0.25) is 0 Å². The van der Waals surface area contributed by atoms with E-state index in [1.165, 1.54) is 40.5 Å². The van der Waals surface area contributed by atoms with Gasteiger partial charge < -0.3 is 19.3 Å². The Morgan fingerprint density at radius 3 is 1.65 bits per heavy atom. The number of carbonyl (C=O) groups is 1. The molecule has 2 aliphatic carbocycles. The number of esters is 1. The molecule has 0 heterocycles. The summed E-state index contributed by atoms with van der Waals surface area (Å²) in [6, 6.07) is 29.6. The van der Waals surface area contributed by atoms with Crippen molar-refractivity contribution in [1.82, 2.24) is 0 Å². The lowest BCUT2D eigenvalue weighted by Gasteiger charge is -2.34. The van der Waals surface area contributed by atoms with Crippen LogP contribution in [0.3, 0.4) is 0 Å². The summed E-state index contributed by atoms with van der Waals surface area (Å²) in [5, 5.41) is 10.00. The molecule has 6 rings (SSSR count). The van der Waals surface area contributed by atoms with Crippen molar-refractivity contribution in [3.05, 3.63) is 129 Å². The maximum Gasteiger partial charge on any atom is 0.313 e. The van der Waals surface area contributed by atoms with Crippen molar-refractivity contribution < 1.29 is 24.1 Å². The fourth-order valence-corrected chi connectivity index (χ4v) is 8.12. The molecule has 4 aromatic carbocycles. The van der Waals surface area contributed by atoms with E-state index in [4.69, 9.17) is 14.2 Å². The number of benzene rings is 4. The summed E-state index contributed by atoms with van der Waals surface area (Å²) >= 11 is 0. The van der Waals surface area contributed by atoms with Crippen molar-refractivity contribution in [2.75, 3.05) is 27.9 Å². The molecule has 254 valence electrons. The van der Waals surface area contributed by atoms with E-state index in [2.05, 4.69) is 79.7 Å². The van der Waals surface area contributed by atoms with Crippen LogP contribution in [0.2, 0.25) is 0 Å². The molecule has 0 radical (unpaired) electrons. The Balaban J connectivity index is 0.000000188. The maximum atomic E-state index is 12.6. The number of aliphatic hydroxyl groups is 1. The van der Waals surface area contributed by atoms with E-state index in [0.29, 0.717) is 11.8 Å². The lowest BCUT2D eigenvalue weighted by molar-refractivity contribution is -0.144. The molecule has 4 aromatic rings. The van der Waals surface area contributed by atoms with Crippen molar-refractivity contribution in [3.63, 3.8) is 0 Å². The third kappa shape index (κ3) is 7.95. The number of aliphatic hydroxyl groups excluding tert-OH is 1. The Hall–Kier alpha value is -4.09. The summed E-state index contributed by atoms with van der Waals surface area (Å²) in [6.45, 7) is 4.36. The highest BCUT2D eigenvalue weighted by Gasteiger charge is 2.37. The molecule has 1 N–H and O–H groups in total. The molecule has 0 saturated heterocycles. The summed E-state index contributed by atoms with van der Waals surface area (Å²) in [6.07, 6.45) is 8.30. The molecule has 5 heteroatoms. The van der Waals surface area contributed by atoms with Crippen LogP contribution in [0.1, 0.15) is 82.0 Å². The Morgan fingerprint density at radius 2 is 1.15 bits per heavy atom. The minimum Gasteiger partial charge on any atom is -0.496 e. The standard InChI is InChI=1S/C22H26O3.C21H26O2/c1-15-9-13-18-19(21(15)24-2)14-12-17(20(18)22(23)25-3)11-10-16-7-5-4-6-8-16;1-15-8-12-18-19(21(15)23-2)13-11-17(20(18)14-22)10-9-16-6-4-3-5-7-16/h4-9,13,17,20H,10-12,14H2,1-3H3;3-8,12,17,20,22H,9-11,13-14H2,1-2H3/t2*17-,20+/m00/s1. The van der Waals surface area contributed by atoms with Gasteiger partial charge in [-0.2, -0.15) is 0 Å². The van der Waals surface area contributed by atoms with Gasteiger partial charge in [0.1, 0.15) is 11.5 Å². The first-order chi connectivity index (χ1) is 23.4. The quantitative estimate of drug-likeness (QED) is 0.174. The third-order valence-corrected chi connectivity index (χ3v) is 10.6. The Bertz CT molecular complexity index is 1630. The van der Waals surface area contributed by atoms with Crippen LogP contribution >= 0.6 is 0 Å². The van der Waals surface area contributed by atoms with Crippen LogP contribution in [0, 0.1) is 25.7 Å². The first-order valence-electron chi connectivity index (χ1n) is 17.5. The molecule has 0 aliphatic heterocycles. The highest BCUT2D eigenvalue weighted by atomic mass is 16.5. The first-order valence-corrected chi connectivity index (χ1v) is 17.5. The highest BCUT2D eigenvalue weighted by Crippen LogP contribution is 2.44. The molecule has 0 spiro atoms. The number of carbonyl (C=O) groups excluding carboxylic acids is 1. The number of rotatable bonds is 10. The smallest absolute Gasteiger partial charge is 0.313 e. The van der Waals surface area contributed by atoms with E-state index < -0.39 is 0 Å². The molecule has 2 aliphatic rings. The number of hydrogen-bond donors (Lipinski definition) is 1. The second kappa shape index (κ2) is 16.8. The predicted octanol–water partition coefficient (Wildman–Crippen LogP) is 8.73. The molecule has 4 atom stereocenters. The zero-order valence-corrected chi connectivity index (χ0v) is 29.3. The summed E-state index contributed by atoms with van der Waals surface area (Å²) < 4.78 is 16.4. The zero-order valence-electron chi connectivity index (χ0n) is 29.3. The molecule has 0 unspecified atom stereocenters. The fourth-order valence-electron chi connectivity index (χ4n) is 8.12. The summed E-state index contributed by atoms with van der Waals surface area (Å²) in [4.78, 5) is 12.6. The van der Waals surface area contributed by atoms with Crippen molar-refractivity contribution in [2.45, 2.75) is 77.0 Å². The zero-order chi connectivity index (χ0) is 34.0. The number of methoxy groups -OCH3 is 3. The van der Waals surface area contributed by atoms with Gasteiger partial charge in [-0.25, -0.2) is 0 Å². The van der Waals surface area contributed by atoms with Gasteiger partial charge in [0.15, 0.2) is 0 Å². The lowest BCUT2D eigenvalue weighted by atomic mass is 9.72. The minimum atomic E-state index is -0.202. The van der Waals surface area contributed by atoms with Crippen LogP contribution < -0.4 is 9.47 Å². The molecular formula is C43H52O5.